The molecule has 0 spiro atoms. The summed E-state index contributed by atoms with van der Waals surface area (Å²) in [6.07, 6.45) is 5.70. The van der Waals surface area contributed by atoms with Crippen LogP contribution in [0.2, 0.25) is 0 Å². The van der Waals surface area contributed by atoms with E-state index in [0.29, 0.717) is 34.9 Å². The molecule has 3 heterocycles. The van der Waals surface area contributed by atoms with Gasteiger partial charge in [-0.2, -0.15) is 15.2 Å². The van der Waals surface area contributed by atoms with E-state index in [9.17, 15) is 9.59 Å². The molecule has 2 aromatic heterocycles. The van der Waals surface area contributed by atoms with Crippen LogP contribution in [0.1, 0.15) is 21.7 Å². The van der Waals surface area contributed by atoms with Crippen molar-refractivity contribution in [3.63, 3.8) is 0 Å². The number of carbonyl (C=O) groups excluding carboxylic acids is 1. The normalized spacial score (nSPS) is 14.6. The van der Waals surface area contributed by atoms with Crippen LogP contribution in [0, 0.1) is 0 Å². The highest BCUT2D eigenvalue weighted by Crippen LogP contribution is 2.29. The van der Waals surface area contributed by atoms with Crippen LogP contribution < -0.4 is 5.01 Å². The van der Waals surface area contributed by atoms with Crippen molar-refractivity contribution in [2.75, 3.05) is 5.01 Å². The number of benzene rings is 2. The van der Waals surface area contributed by atoms with Gasteiger partial charge in [-0.05, 0) is 48.0 Å². The van der Waals surface area contributed by atoms with Crippen molar-refractivity contribution < 1.29 is 19.1 Å². The summed E-state index contributed by atoms with van der Waals surface area (Å²) in [5.74, 6) is -0.178. The van der Waals surface area contributed by atoms with Crippen LogP contribution in [0.5, 0.6) is 0 Å². The van der Waals surface area contributed by atoms with Gasteiger partial charge in [0.25, 0.3) is 5.91 Å². The van der Waals surface area contributed by atoms with Gasteiger partial charge < -0.3 is 9.52 Å². The molecule has 8 nitrogen and oxygen atoms in total. The zero-order chi connectivity index (χ0) is 23.7. The number of anilines is 1. The maximum atomic E-state index is 13.4. The van der Waals surface area contributed by atoms with Gasteiger partial charge in [-0.15, -0.1) is 0 Å². The smallest absolute Gasteiger partial charge is 0.335 e. The Bertz CT molecular complexity index is 1430. The lowest BCUT2D eigenvalue weighted by molar-refractivity contribution is -0.114. The zero-order valence-electron chi connectivity index (χ0n) is 18.3. The molecule has 34 heavy (non-hydrogen) atoms. The number of hydrogen-bond donors (Lipinski definition) is 1. The van der Waals surface area contributed by atoms with E-state index < -0.39 is 5.97 Å². The molecular formula is C26H20N4O4. The Kier molecular flexibility index (Phi) is 5.39. The van der Waals surface area contributed by atoms with Gasteiger partial charge >= 0.3 is 5.97 Å². The summed E-state index contributed by atoms with van der Waals surface area (Å²) in [4.78, 5) is 24.6. The van der Waals surface area contributed by atoms with Crippen LogP contribution in [0.25, 0.3) is 17.4 Å². The van der Waals surface area contributed by atoms with Gasteiger partial charge in [-0.25, -0.2) is 4.79 Å². The molecule has 8 heteroatoms. The highest BCUT2D eigenvalue weighted by atomic mass is 16.4. The SMILES string of the molecule is Cn1cc(-c2ccc(/C=C3\C(=O)N(c4ccc(C(=O)O)cc4)N=C3Cc3ccccc3)o2)cn1. The lowest BCUT2D eigenvalue weighted by Gasteiger charge is -2.11. The Morgan fingerprint density at radius 3 is 2.50 bits per heavy atom. The fourth-order valence-corrected chi connectivity index (χ4v) is 3.72. The molecule has 0 bridgehead atoms. The van der Waals surface area contributed by atoms with Gasteiger partial charge in [0.05, 0.1) is 34.3 Å². The number of hydrazone groups is 1. The minimum atomic E-state index is -1.03. The summed E-state index contributed by atoms with van der Waals surface area (Å²) in [6, 6.07) is 19.4. The van der Waals surface area contributed by atoms with Crippen LogP contribution in [0.4, 0.5) is 5.69 Å². The minimum absolute atomic E-state index is 0.137. The number of amides is 1. The lowest BCUT2D eigenvalue weighted by atomic mass is 10.0. The molecule has 1 aliphatic rings. The first-order valence-electron chi connectivity index (χ1n) is 10.6. The van der Waals surface area contributed by atoms with Gasteiger partial charge in [-0.3, -0.25) is 9.48 Å². The van der Waals surface area contributed by atoms with E-state index in [-0.39, 0.29) is 11.5 Å². The maximum absolute atomic E-state index is 13.4. The third-order valence-electron chi connectivity index (χ3n) is 5.43. The second kappa shape index (κ2) is 8.67. The number of rotatable bonds is 6. The first-order chi connectivity index (χ1) is 16.5. The highest BCUT2D eigenvalue weighted by molar-refractivity contribution is 6.33. The second-order valence-corrected chi connectivity index (χ2v) is 7.84. The molecule has 168 valence electrons. The van der Waals surface area contributed by atoms with Gasteiger partial charge in [0.1, 0.15) is 11.5 Å². The first kappa shape index (κ1) is 21.1. The van der Waals surface area contributed by atoms with E-state index in [1.54, 1.807) is 35.2 Å². The molecule has 5 rings (SSSR count). The molecule has 0 fully saturated rings. The molecule has 1 amide bonds. The molecule has 0 unspecified atom stereocenters. The van der Waals surface area contributed by atoms with Crippen molar-refractivity contribution in [1.82, 2.24) is 9.78 Å². The van der Waals surface area contributed by atoms with Crippen molar-refractivity contribution >= 4 is 29.4 Å². The molecule has 4 aromatic rings. The van der Waals surface area contributed by atoms with Gasteiger partial charge in [-0.1, -0.05) is 30.3 Å². The maximum Gasteiger partial charge on any atom is 0.335 e. The third kappa shape index (κ3) is 4.16. The largest absolute Gasteiger partial charge is 0.478 e. The van der Waals surface area contributed by atoms with Crippen LogP contribution in [-0.4, -0.2) is 32.5 Å². The van der Waals surface area contributed by atoms with Crippen molar-refractivity contribution in [3.05, 3.63) is 102 Å². The quantitative estimate of drug-likeness (QED) is 0.437. The summed E-state index contributed by atoms with van der Waals surface area (Å²) in [5, 5.41) is 19.2. The van der Waals surface area contributed by atoms with E-state index in [4.69, 9.17) is 9.52 Å². The van der Waals surface area contributed by atoms with Crippen LogP contribution >= 0.6 is 0 Å². The monoisotopic (exact) mass is 452 g/mol. The summed E-state index contributed by atoms with van der Waals surface area (Å²) in [5.41, 5.74) is 3.48. The third-order valence-corrected chi connectivity index (χ3v) is 5.43. The topological polar surface area (TPSA) is 101 Å². The summed E-state index contributed by atoms with van der Waals surface area (Å²) < 4.78 is 7.64. The average Bonchev–Trinajstić information content (AvgIpc) is 3.56. The fraction of sp³-hybridized carbons (Fsp3) is 0.0769. The van der Waals surface area contributed by atoms with Crippen molar-refractivity contribution in [2.45, 2.75) is 6.42 Å². The number of aryl methyl sites for hydroxylation is 1. The fourth-order valence-electron chi connectivity index (χ4n) is 3.72. The van der Waals surface area contributed by atoms with Gasteiger partial charge in [0.2, 0.25) is 0 Å². The second-order valence-electron chi connectivity index (χ2n) is 7.84. The number of aromatic carboxylic acids is 1. The van der Waals surface area contributed by atoms with E-state index in [0.717, 1.165) is 11.1 Å². The van der Waals surface area contributed by atoms with Gasteiger partial charge in [0, 0.05) is 19.7 Å². The number of carboxylic acid groups (broad SMARTS) is 1. The predicted octanol–water partition coefficient (Wildman–Crippen LogP) is 4.41. The van der Waals surface area contributed by atoms with Crippen molar-refractivity contribution in [2.24, 2.45) is 12.1 Å². The number of furan rings is 1. The number of carboxylic acids is 1. The van der Waals surface area contributed by atoms with E-state index in [2.05, 4.69) is 10.2 Å². The zero-order valence-corrected chi connectivity index (χ0v) is 18.3. The number of nitrogens with zero attached hydrogens (tertiary/aromatic N) is 4. The van der Waals surface area contributed by atoms with Crippen molar-refractivity contribution in [1.29, 1.82) is 0 Å². The molecule has 0 atom stereocenters. The van der Waals surface area contributed by atoms with Crippen LogP contribution in [0.3, 0.4) is 0 Å². The standard InChI is InChI=1S/C26H20N4O4/c1-29-16-19(15-27-29)24-12-11-21(34-24)14-22-23(13-17-5-3-2-4-6-17)28-30(25(22)31)20-9-7-18(8-10-20)26(32)33/h2-12,14-16H,13H2,1H3,(H,32,33)/b22-14-. The van der Waals surface area contributed by atoms with Crippen molar-refractivity contribution in [3.8, 4) is 11.3 Å². The molecular weight excluding hydrogens is 432 g/mol. The number of hydrogen-bond acceptors (Lipinski definition) is 5. The molecule has 0 saturated carbocycles. The Morgan fingerprint density at radius 2 is 1.82 bits per heavy atom. The summed E-state index contributed by atoms with van der Waals surface area (Å²) >= 11 is 0. The average molecular weight is 452 g/mol. The van der Waals surface area contributed by atoms with Gasteiger partial charge in [0.15, 0.2) is 0 Å². The molecule has 1 aliphatic heterocycles. The molecule has 1 N–H and O–H groups in total. The Labute approximate surface area is 195 Å². The van der Waals surface area contributed by atoms with E-state index in [1.807, 2.05) is 49.6 Å². The Morgan fingerprint density at radius 1 is 1.06 bits per heavy atom. The van der Waals surface area contributed by atoms with E-state index >= 15 is 0 Å². The number of carbonyl (C=O) groups is 2. The van der Waals surface area contributed by atoms with E-state index in [1.165, 1.54) is 17.1 Å². The molecule has 0 aliphatic carbocycles. The predicted molar refractivity (Wildman–Crippen MR) is 127 cm³/mol. The summed E-state index contributed by atoms with van der Waals surface area (Å²) in [7, 11) is 1.83. The molecule has 2 aromatic carbocycles. The molecule has 0 radical (unpaired) electrons. The summed E-state index contributed by atoms with van der Waals surface area (Å²) in [6.45, 7) is 0. The lowest BCUT2D eigenvalue weighted by Crippen LogP contribution is -2.21. The van der Waals surface area contributed by atoms with Crippen LogP contribution in [-0.2, 0) is 18.3 Å². The highest BCUT2D eigenvalue weighted by Gasteiger charge is 2.31. The minimum Gasteiger partial charge on any atom is -0.478 e. The first-order valence-corrected chi connectivity index (χ1v) is 10.6. The van der Waals surface area contributed by atoms with Crippen LogP contribution in [0.15, 0.2) is 94.2 Å². The molecule has 0 saturated heterocycles. The Hall–Kier alpha value is -4.72. The number of aromatic nitrogens is 2. The Balaban J connectivity index is 1.50.